The van der Waals surface area contributed by atoms with Crippen LogP contribution in [0.15, 0.2) is 12.1 Å². The van der Waals surface area contributed by atoms with Crippen molar-refractivity contribution in [1.82, 2.24) is 0 Å². The van der Waals surface area contributed by atoms with E-state index in [0.29, 0.717) is 12.1 Å². The minimum atomic E-state index is -2.23. The average Bonchev–Trinajstić information content (AvgIpc) is 1.96. The van der Waals surface area contributed by atoms with Crippen LogP contribution in [0.2, 0.25) is 0 Å². The Morgan fingerprint density at radius 1 is 1.31 bits per heavy atom. The zero-order chi connectivity index (χ0) is 12.5. The number of carboxylic acid groups (broad SMARTS) is 1. The first-order chi connectivity index (χ1) is 7.24. The summed E-state index contributed by atoms with van der Waals surface area (Å²) in [5.74, 6) is -5.19. The minimum Gasteiger partial charge on any atom is -0.481 e. The molecule has 0 spiro atoms. The molecule has 1 aromatic rings. The van der Waals surface area contributed by atoms with E-state index < -0.39 is 41.0 Å². The lowest BCUT2D eigenvalue weighted by Gasteiger charge is -2.22. The monoisotopic (exact) mass is 234 g/mol. The van der Waals surface area contributed by atoms with Gasteiger partial charge in [0.1, 0.15) is 23.1 Å². The second-order valence-electron chi connectivity index (χ2n) is 3.59. The van der Waals surface area contributed by atoms with Crippen LogP contribution in [0, 0.1) is 17.5 Å². The van der Waals surface area contributed by atoms with Crippen LogP contribution in [0.25, 0.3) is 0 Å². The molecule has 0 aliphatic heterocycles. The van der Waals surface area contributed by atoms with Gasteiger partial charge in [-0.25, -0.2) is 13.2 Å². The highest BCUT2D eigenvalue weighted by Crippen LogP contribution is 2.29. The number of halogens is 3. The number of carboxylic acids is 1. The van der Waals surface area contributed by atoms with Crippen molar-refractivity contribution in [3.63, 3.8) is 0 Å². The van der Waals surface area contributed by atoms with E-state index in [1.807, 2.05) is 0 Å². The quantitative estimate of drug-likeness (QED) is 0.838. The number of aliphatic hydroxyl groups is 1. The number of hydrogen-bond acceptors (Lipinski definition) is 2. The lowest BCUT2D eigenvalue weighted by molar-refractivity contribution is -0.142. The number of carbonyl (C=O) groups is 1. The van der Waals surface area contributed by atoms with E-state index in [9.17, 15) is 23.1 Å². The molecular weight excluding hydrogens is 225 g/mol. The highest BCUT2D eigenvalue weighted by molar-refractivity contribution is 5.68. The van der Waals surface area contributed by atoms with Crippen molar-refractivity contribution in [1.29, 1.82) is 0 Å². The van der Waals surface area contributed by atoms with Crippen LogP contribution in [0.4, 0.5) is 13.2 Å². The molecule has 0 fully saturated rings. The van der Waals surface area contributed by atoms with E-state index in [2.05, 4.69) is 0 Å². The summed E-state index contributed by atoms with van der Waals surface area (Å²) in [6.07, 6.45) is -0.882. The number of benzene rings is 1. The van der Waals surface area contributed by atoms with Crippen LogP contribution in [0.5, 0.6) is 0 Å². The molecule has 0 aliphatic rings. The third kappa shape index (κ3) is 2.52. The third-order valence-electron chi connectivity index (χ3n) is 2.04. The molecule has 0 saturated heterocycles. The van der Waals surface area contributed by atoms with Crippen molar-refractivity contribution in [3.05, 3.63) is 35.1 Å². The van der Waals surface area contributed by atoms with E-state index in [4.69, 9.17) is 5.11 Å². The molecule has 0 aliphatic carbocycles. The van der Waals surface area contributed by atoms with Gasteiger partial charge >= 0.3 is 5.97 Å². The maximum Gasteiger partial charge on any atom is 0.306 e. The first-order valence-corrected chi connectivity index (χ1v) is 4.33. The van der Waals surface area contributed by atoms with E-state index in [1.54, 1.807) is 0 Å². The maximum absolute atomic E-state index is 13.2. The van der Waals surface area contributed by atoms with Crippen LogP contribution in [0.3, 0.4) is 0 Å². The summed E-state index contributed by atoms with van der Waals surface area (Å²) in [4.78, 5) is 10.4. The van der Waals surface area contributed by atoms with Gasteiger partial charge in [-0.1, -0.05) is 0 Å². The van der Waals surface area contributed by atoms with E-state index >= 15 is 0 Å². The van der Waals surface area contributed by atoms with Crippen molar-refractivity contribution in [2.45, 2.75) is 18.9 Å². The van der Waals surface area contributed by atoms with Gasteiger partial charge in [0.2, 0.25) is 0 Å². The normalized spacial score (nSPS) is 14.6. The van der Waals surface area contributed by atoms with Crippen molar-refractivity contribution < 1.29 is 28.2 Å². The van der Waals surface area contributed by atoms with Gasteiger partial charge < -0.3 is 10.2 Å². The molecule has 3 nitrogen and oxygen atoms in total. The minimum absolute atomic E-state index is 0.384. The van der Waals surface area contributed by atoms with Crippen LogP contribution in [-0.2, 0) is 10.4 Å². The molecule has 0 saturated carbocycles. The van der Waals surface area contributed by atoms with Crippen molar-refractivity contribution >= 4 is 5.97 Å². The number of aliphatic carboxylic acids is 1. The fourth-order valence-electron chi connectivity index (χ4n) is 1.44. The third-order valence-corrected chi connectivity index (χ3v) is 2.04. The van der Waals surface area contributed by atoms with Gasteiger partial charge in [0, 0.05) is 12.1 Å². The van der Waals surface area contributed by atoms with Crippen molar-refractivity contribution in [2.24, 2.45) is 0 Å². The molecule has 0 heterocycles. The van der Waals surface area contributed by atoms with Crippen LogP contribution < -0.4 is 0 Å². The van der Waals surface area contributed by atoms with E-state index in [1.165, 1.54) is 0 Å². The molecule has 0 radical (unpaired) electrons. The van der Waals surface area contributed by atoms with Gasteiger partial charge in [0.05, 0.1) is 12.0 Å². The van der Waals surface area contributed by atoms with E-state index in [0.717, 1.165) is 6.92 Å². The smallest absolute Gasteiger partial charge is 0.306 e. The second kappa shape index (κ2) is 4.13. The van der Waals surface area contributed by atoms with Crippen LogP contribution in [-0.4, -0.2) is 16.2 Å². The highest BCUT2D eigenvalue weighted by Gasteiger charge is 2.33. The fourth-order valence-corrected chi connectivity index (χ4v) is 1.44. The summed E-state index contributed by atoms with van der Waals surface area (Å²) in [6.45, 7) is 0.945. The summed E-state index contributed by atoms with van der Waals surface area (Å²) < 4.78 is 39.0. The van der Waals surface area contributed by atoms with Gasteiger partial charge in [-0.05, 0) is 6.92 Å². The molecule has 6 heteroatoms. The average molecular weight is 234 g/mol. The summed E-state index contributed by atoms with van der Waals surface area (Å²) >= 11 is 0. The van der Waals surface area contributed by atoms with Crippen LogP contribution >= 0.6 is 0 Å². The first kappa shape index (κ1) is 12.5. The first-order valence-electron chi connectivity index (χ1n) is 4.33. The molecule has 1 unspecified atom stereocenters. The highest BCUT2D eigenvalue weighted by atomic mass is 19.1. The molecule has 88 valence electrons. The van der Waals surface area contributed by atoms with Crippen LogP contribution in [0.1, 0.15) is 18.9 Å². The van der Waals surface area contributed by atoms with Crippen molar-refractivity contribution in [3.8, 4) is 0 Å². The Kier molecular flexibility index (Phi) is 3.23. The molecule has 2 N–H and O–H groups in total. The fraction of sp³-hybridized carbons (Fsp3) is 0.300. The molecule has 1 atom stereocenters. The molecule has 1 rings (SSSR count). The summed E-state index contributed by atoms with van der Waals surface area (Å²) in [5, 5.41) is 18.1. The van der Waals surface area contributed by atoms with E-state index in [-0.39, 0.29) is 0 Å². The molecule has 16 heavy (non-hydrogen) atoms. The van der Waals surface area contributed by atoms with Gasteiger partial charge in [-0.15, -0.1) is 0 Å². The Labute approximate surface area is 89.1 Å². The Bertz CT molecular complexity index is 406. The molecule has 0 amide bonds. The molecule has 1 aromatic carbocycles. The Balaban J connectivity index is 3.27. The van der Waals surface area contributed by atoms with Crippen molar-refractivity contribution in [2.75, 3.05) is 0 Å². The predicted molar refractivity (Wildman–Crippen MR) is 48.1 cm³/mol. The summed E-state index contributed by atoms with van der Waals surface area (Å²) in [5.41, 5.74) is -3.08. The standard InChI is InChI=1S/C10H9F3O3/c1-10(16,4-8(14)15)9-6(12)2-5(11)3-7(9)13/h2-3,16H,4H2,1H3,(H,14,15). The SMILES string of the molecule is CC(O)(CC(=O)O)c1c(F)cc(F)cc1F. The number of hydrogen-bond donors (Lipinski definition) is 2. The zero-order valence-electron chi connectivity index (χ0n) is 8.30. The lowest BCUT2D eigenvalue weighted by atomic mass is 9.91. The molecular formula is C10H9F3O3. The van der Waals surface area contributed by atoms with Gasteiger partial charge in [-0.3, -0.25) is 4.79 Å². The second-order valence-corrected chi connectivity index (χ2v) is 3.59. The largest absolute Gasteiger partial charge is 0.481 e. The van der Waals surface area contributed by atoms with Gasteiger partial charge in [-0.2, -0.15) is 0 Å². The summed E-state index contributed by atoms with van der Waals surface area (Å²) in [7, 11) is 0. The zero-order valence-corrected chi connectivity index (χ0v) is 8.30. The Morgan fingerprint density at radius 2 is 1.75 bits per heavy atom. The lowest BCUT2D eigenvalue weighted by Crippen LogP contribution is -2.28. The van der Waals surface area contributed by atoms with Gasteiger partial charge in [0.25, 0.3) is 0 Å². The molecule has 0 aromatic heterocycles. The Hall–Kier alpha value is -1.56. The number of rotatable bonds is 3. The van der Waals surface area contributed by atoms with Gasteiger partial charge in [0.15, 0.2) is 0 Å². The summed E-state index contributed by atoms with van der Waals surface area (Å²) in [6, 6.07) is 0.767. The predicted octanol–water partition coefficient (Wildman–Crippen LogP) is 1.79. The molecule has 0 bridgehead atoms. The Morgan fingerprint density at radius 3 is 2.12 bits per heavy atom. The topological polar surface area (TPSA) is 57.5 Å². The maximum atomic E-state index is 13.2.